The van der Waals surface area contributed by atoms with Crippen LogP contribution < -0.4 is 34.5 Å². The van der Waals surface area contributed by atoms with Crippen molar-refractivity contribution < 1.29 is 58.1 Å². The van der Waals surface area contributed by atoms with Crippen molar-refractivity contribution in [2.45, 2.75) is 6.42 Å². The fourth-order valence-electron chi connectivity index (χ4n) is 0.854. The smallest absolute Gasteiger partial charge is 0.596 e. The number of carbonyl (C=O) groups excluding carboxylic acids is 2. The quantitative estimate of drug-likeness (QED) is 0.283. The van der Waals surface area contributed by atoms with Gasteiger partial charge in [-0.25, -0.2) is 0 Å². The molecule has 80 valence electrons. The van der Waals surface area contributed by atoms with E-state index in [2.05, 4.69) is 9.47 Å². The monoisotopic (exact) mass is 245 g/mol. The number of ether oxygens (including phenoxy) is 2. The molecule has 0 saturated carbocycles. The SMILES string of the molecule is COC(=O)CC(C[P+](=O)[O-])C(=O)OC.[Na+]. The molecule has 0 aromatic carbocycles. The summed E-state index contributed by atoms with van der Waals surface area (Å²) in [5.41, 5.74) is 0. The molecule has 0 aliphatic rings. The summed E-state index contributed by atoms with van der Waals surface area (Å²) in [6.07, 6.45) is -0.691. The molecule has 0 rings (SSSR count). The molecular weight excluding hydrogens is 234 g/mol. The maximum Gasteiger partial charge on any atom is 1.00 e. The molecule has 0 aliphatic heterocycles. The summed E-state index contributed by atoms with van der Waals surface area (Å²) >= 11 is 0. The first kappa shape index (κ1) is 17.4. The van der Waals surface area contributed by atoms with Crippen LogP contribution in [0.2, 0.25) is 0 Å². The van der Waals surface area contributed by atoms with Crippen molar-refractivity contribution >= 4 is 20.0 Å². The van der Waals surface area contributed by atoms with E-state index in [1.807, 2.05) is 0 Å². The molecule has 0 N–H and O–H groups in total. The van der Waals surface area contributed by atoms with Gasteiger partial charge in [-0.3, -0.25) is 9.59 Å². The fourth-order valence-corrected chi connectivity index (χ4v) is 1.49. The predicted octanol–water partition coefficient (Wildman–Crippen LogP) is -3.55. The van der Waals surface area contributed by atoms with Crippen molar-refractivity contribution in [1.29, 1.82) is 0 Å². The number of methoxy groups -OCH3 is 2. The average Bonchev–Trinajstić information content (AvgIpc) is 2.14. The molecule has 2 atom stereocenters. The zero-order valence-electron chi connectivity index (χ0n) is 8.89. The van der Waals surface area contributed by atoms with Gasteiger partial charge < -0.3 is 14.4 Å². The molecule has 2 unspecified atom stereocenters. The van der Waals surface area contributed by atoms with E-state index >= 15 is 0 Å². The van der Waals surface area contributed by atoms with Crippen LogP contribution in [-0.2, 0) is 23.6 Å². The maximum atomic E-state index is 11.0. The number of hydrogen-bond donors (Lipinski definition) is 0. The Labute approximate surface area is 110 Å². The Balaban J connectivity index is 0. The summed E-state index contributed by atoms with van der Waals surface area (Å²) in [6, 6.07) is 0. The molecule has 0 aliphatic carbocycles. The van der Waals surface area contributed by atoms with E-state index in [1.165, 1.54) is 0 Å². The van der Waals surface area contributed by atoms with Gasteiger partial charge in [-0.1, -0.05) is 4.57 Å². The number of esters is 2. The Morgan fingerprint density at radius 1 is 1.33 bits per heavy atom. The van der Waals surface area contributed by atoms with Gasteiger partial charge in [-0.2, -0.15) is 0 Å². The van der Waals surface area contributed by atoms with Gasteiger partial charge in [0.05, 0.1) is 20.6 Å². The summed E-state index contributed by atoms with van der Waals surface area (Å²) in [5.74, 6) is -2.35. The fraction of sp³-hybridized carbons (Fsp3) is 0.714. The predicted molar refractivity (Wildman–Crippen MR) is 44.6 cm³/mol. The van der Waals surface area contributed by atoms with Gasteiger partial charge >= 0.3 is 49.5 Å². The van der Waals surface area contributed by atoms with Gasteiger partial charge in [0.1, 0.15) is 5.92 Å². The van der Waals surface area contributed by atoms with E-state index in [0.717, 1.165) is 14.2 Å². The van der Waals surface area contributed by atoms with E-state index in [-0.39, 0.29) is 36.0 Å². The second-order valence-electron chi connectivity index (χ2n) is 2.52. The van der Waals surface area contributed by atoms with E-state index < -0.39 is 32.0 Å². The third kappa shape index (κ3) is 7.88. The van der Waals surface area contributed by atoms with E-state index in [4.69, 9.17) is 0 Å². The summed E-state index contributed by atoms with van der Waals surface area (Å²) in [6.45, 7) is 0. The molecule has 15 heavy (non-hydrogen) atoms. The molecule has 0 spiro atoms. The molecule has 0 heterocycles. The topological polar surface area (TPSA) is 92.7 Å². The third-order valence-electron chi connectivity index (χ3n) is 1.54. The maximum absolute atomic E-state index is 11.0. The van der Waals surface area contributed by atoms with Crippen molar-refractivity contribution in [3.8, 4) is 0 Å². The van der Waals surface area contributed by atoms with Crippen molar-refractivity contribution in [1.82, 2.24) is 0 Å². The largest absolute Gasteiger partial charge is 1.00 e. The normalized spacial score (nSPS) is 12.1. The minimum atomic E-state index is -2.72. The Bertz CT molecular complexity index is 244. The molecular formula is C7H11NaO6P+. The Morgan fingerprint density at radius 2 is 1.87 bits per heavy atom. The zero-order valence-corrected chi connectivity index (χ0v) is 11.8. The first-order valence-corrected chi connectivity index (χ1v) is 5.14. The first-order chi connectivity index (χ1) is 6.51. The summed E-state index contributed by atoms with van der Waals surface area (Å²) < 4.78 is 19.0. The van der Waals surface area contributed by atoms with Gasteiger partial charge in [0.25, 0.3) is 0 Å². The average molecular weight is 245 g/mol. The van der Waals surface area contributed by atoms with Crippen LogP contribution in [0.4, 0.5) is 0 Å². The summed E-state index contributed by atoms with van der Waals surface area (Å²) in [7, 11) is -0.432. The number of hydrogen-bond acceptors (Lipinski definition) is 6. The van der Waals surface area contributed by atoms with Crippen LogP contribution in [0, 0.1) is 5.92 Å². The molecule has 8 heteroatoms. The van der Waals surface area contributed by atoms with Crippen LogP contribution in [0.1, 0.15) is 6.42 Å². The van der Waals surface area contributed by atoms with Crippen LogP contribution in [-0.4, -0.2) is 32.3 Å². The molecule has 6 nitrogen and oxygen atoms in total. The van der Waals surface area contributed by atoms with Gasteiger partial charge in [0.15, 0.2) is 6.16 Å². The second-order valence-corrected chi connectivity index (χ2v) is 3.55. The van der Waals surface area contributed by atoms with Crippen molar-refractivity contribution in [2.75, 3.05) is 20.4 Å². The third-order valence-corrected chi connectivity index (χ3v) is 2.28. The van der Waals surface area contributed by atoms with Crippen molar-refractivity contribution in [3.63, 3.8) is 0 Å². The number of rotatable bonds is 5. The van der Waals surface area contributed by atoms with Crippen molar-refractivity contribution in [2.24, 2.45) is 5.92 Å². The van der Waals surface area contributed by atoms with Crippen LogP contribution in [0.3, 0.4) is 0 Å². The van der Waals surface area contributed by atoms with Gasteiger partial charge in [0.2, 0.25) is 0 Å². The summed E-state index contributed by atoms with van der Waals surface area (Å²) in [5, 5.41) is 0. The van der Waals surface area contributed by atoms with E-state index in [0.29, 0.717) is 0 Å². The Hall–Kier alpha value is 0. The number of carbonyl (C=O) groups is 2. The first-order valence-electron chi connectivity index (χ1n) is 3.77. The Kier molecular flexibility index (Phi) is 10.7. The van der Waals surface area contributed by atoms with Crippen LogP contribution in [0.25, 0.3) is 0 Å². The van der Waals surface area contributed by atoms with Crippen LogP contribution >= 0.6 is 8.03 Å². The molecule has 0 aromatic rings. The standard InChI is InChI=1S/C7H11O6P.Na/c1-12-6(8)3-5(4-14(10)11)7(9)13-2;/h5H,3-4H2,1-2H3;/q;+1. The minimum absolute atomic E-state index is 0. The molecule has 0 amide bonds. The van der Waals surface area contributed by atoms with Gasteiger partial charge in [-0.05, 0) is 0 Å². The molecule has 0 fully saturated rings. The van der Waals surface area contributed by atoms with Crippen molar-refractivity contribution in [3.05, 3.63) is 0 Å². The zero-order chi connectivity index (χ0) is 11.1. The van der Waals surface area contributed by atoms with Crippen LogP contribution in [0.15, 0.2) is 0 Å². The molecule has 0 bridgehead atoms. The second kappa shape index (κ2) is 9.24. The van der Waals surface area contributed by atoms with E-state index in [1.54, 1.807) is 0 Å². The van der Waals surface area contributed by atoms with E-state index in [9.17, 15) is 19.0 Å². The van der Waals surface area contributed by atoms with Crippen LogP contribution in [0.5, 0.6) is 0 Å². The molecule has 0 saturated heterocycles. The molecule has 0 radical (unpaired) electrons. The minimum Gasteiger partial charge on any atom is -0.596 e. The molecule has 0 aromatic heterocycles. The van der Waals surface area contributed by atoms with Gasteiger partial charge in [0, 0.05) is 0 Å². The summed E-state index contributed by atoms with van der Waals surface area (Å²) in [4.78, 5) is 32.2. The van der Waals surface area contributed by atoms with Gasteiger partial charge in [-0.15, -0.1) is 0 Å². The Morgan fingerprint density at radius 3 is 2.20 bits per heavy atom.